The van der Waals surface area contributed by atoms with Crippen molar-refractivity contribution in [2.75, 3.05) is 7.11 Å². The Hall–Kier alpha value is -1.78. The van der Waals surface area contributed by atoms with Gasteiger partial charge in [0.25, 0.3) is 0 Å². The van der Waals surface area contributed by atoms with E-state index in [9.17, 15) is 0 Å². The SMILES string of the molecule is COCc1ccccc1CNCc1ccnc(C)n1. The van der Waals surface area contributed by atoms with Crippen molar-refractivity contribution in [3.8, 4) is 0 Å². The second-order valence-electron chi connectivity index (χ2n) is 4.40. The summed E-state index contributed by atoms with van der Waals surface area (Å²) in [5, 5.41) is 3.40. The van der Waals surface area contributed by atoms with Gasteiger partial charge in [-0.25, -0.2) is 9.97 Å². The Labute approximate surface area is 113 Å². The first-order valence-corrected chi connectivity index (χ1v) is 6.34. The van der Waals surface area contributed by atoms with E-state index in [1.54, 1.807) is 13.3 Å². The minimum atomic E-state index is 0.643. The van der Waals surface area contributed by atoms with Crippen LogP contribution >= 0.6 is 0 Å². The highest BCUT2D eigenvalue weighted by Gasteiger charge is 2.01. The molecule has 0 spiro atoms. The summed E-state index contributed by atoms with van der Waals surface area (Å²) < 4.78 is 5.20. The number of benzene rings is 1. The maximum absolute atomic E-state index is 5.20. The van der Waals surface area contributed by atoms with Crippen LogP contribution in [-0.4, -0.2) is 17.1 Å². The monoisotopic (exact) mass is 257 g/mol. The summed E-state index contributed by atoms with van der Waals surface area (Å²) in [5.74, 6) is 0.805. The number of rotatable bonds is 6. The van der Waals surface area contributed by atoms with Gasteiger partial charge in [0, 0.05) is 26.4 Å². The standard InChI is InChI=1S/C15H19N3O/c1-12-17-8-7-15(18-12)10-16-9-13-5-3-4-6-14(13)11-19-2/h3-8,16H,9-11H2,1-2H3. The van der Waals surface area contributed by atoms with Crippen LogP contribution in [-0.2, 0) is 24.4 Å². The molecule has 0 fully saturated rings. The summed E-state index contributed by atoms with van der Waals surface area (Å²) in [6, 6.07) is 10.2. The summed E-state index contributed by atoms with van der Waals surface area (Å²) in [7, 11) is 1.72. The molecule has 0 saturated heterocycles. The zero-order valence-corrected chi connectivity index (χ0v) is 11.4. The molecule has 1 aromatic carbocycles. The maximum atomic E-state index is 5.20. The maximum Gasteiger partial charge on any atom is 0.125 e. The van der Waals surface area contributed by atoms with Crippen molar-refractivity contribution in [2.24, 2.45) is 0 Å². The van der Waals surface area contributed by atoms with Gasteiger partial charge in [-0.15, -0.1) is 0 Å². The predicted octanol–water partition coefficient (Wildman–Crippen LogP) is 2.22. The molecule has 1 N–H and O–H groups in total. The van der Waals surface area contributed by atoms with Crippen molar-refractivity contribution >= 4 is 0 Å². The molecule has 1 heterocycles. The predicted molar refractivity (Wildman–Crippen MR) is 74.5 cm³/mol. The third kappa shape index (κ3) is 4.12. The first kappa shape index (κ1) is 13.6. The molecule has 1 aromatic heterocycles. The summed E-state index contributed by atoms with van der Waals surface area (Å²) in [5.41, 5.74) is 3.49. The Bertz CT molecular complexity index is 528. The van der Waals surface area contributed by atoms with E-state index in [-0.39, 0.29) is 0 Å². The summed E-state index contributed by atoms with van der Waals surface area (Å²) in [6.45, 7) is 4.09. The molecule has 0 radical (unpaired) electrons. The van der Waals surface area contributed by atoms with Crippen LogP contribution in [0.1, 0.15) is 22.6 Å². The van der Waals surface area contributed by atoms with Crippen LogP contribution in [0.2, 0.25) is 0 Å². The van der Waals surface area contributed by atoms with Gasteiger partial charge in [-0.05, 0) is 24.1 Å². The van der Waals surface area contributed by atoms with Crippen LogP contribution in [0.4, 0.5) is 0 Å². The molecule has 0 amide bonds. The number of ether oxygens (including phenoxy) is 1. The second-order valence-corrected chi connectivity index (χ2v) is 4.40. The van der Waals surface area contributed by atoms with Gasteiger partial charge in [0.1, 0.15) is 5.82 Å². The number of nitrogens with zero attached hydrogens (tertiary/aromatic N) is 2. The van der Waals surface area contributed by atoms with Gasteiger partial charge < -0.3 is 10.1 Å². The normalized spacial score (nSPS) is 10.6. The van der Waals surface area contributed by atoms with E-state index in [2.05, 4.69) is 27.4 Å². The zero-order chi connectivity index (χ0) is 13.5. The van der Waals surface area contributed by atoms with Crippen LogP contribution in [0.25, 0.3) is 0 Å². The fourth-order valence-corrected chi connectivity index (χ4v) is 1.96. The number of aryl methyl sites for hydroxylation is 1. The van der Waals surface area contributed by atoms with Crippen LogP contribution in [0.15, 0.2) is 36.5 Å². The van der Waals surface area contributed by atoms with Crippen LogP contribution in [0.3, 0.4) is 0 Å². The molecule has 4 nitrogen and oxygen atoms in total. The smallest absolute Gasteiger partial charge is 0.125 e. The molecular weight excluding hydrogens is 238 g/mol. The molecule has 0 saturated carbocycles. The van der Waals surface area contributed by atoms with Gasteiger partial charge in [0.05, 0.1) is 12.3 Å². The fourth-order valence-electron chi connectivity index (χ4n) is 1.96. The van der Waals surface area contributed by atoms with Gasteiger partial charge >= 0.3 is 0 Å². The van der Waals surface area contributed by atoms with Crippen molar-refractivity contribution in [2.45, 2.75) is 26.6 Å². The topological polar surface area (TPSA) is 47.0 Å². The molecule has 2 rings (SSSR count). The molecule has 100 valence electrons. The number of aromatic nitrogens is 2. The van der Waals surface area contributed by atoms with Gasteiger partial charge in [-0.2, -0.15) is 0 Å². The lowest BCUT2D eigenvalue weighted by Crippen LogP contribution is -2.15. The lowest BCUT2D eigenvalue weighted by Gasteiger charge is -2.09. The first-order chi connectivity index (χ1) is 9.29. The van der Waals surface area contributed by atoms with E-state index in [4.69, 9.17) is 4.74 Å². The number of hydrogen-bond donors (Lipinski definition) is 1. The molecule has 0 bridgehead atoms. The molecule has 19 heavy (non-hydrogen) atoms. The molecule has 0 aliphatic carbocycles. The van der Waals surface area contributed by atoms with E-state index >= 15 is 0 Å². The summed E-state index contributed by atoms with van der Waals surface area (Å²) in [4.78, 5) is 8.45. The van der Waals surface area contributed by atoms with E-state index in [0.717, 1.165) is 24.6 Å². The van der Waals surface area contributed by atoms with Crippen LogP contribution < -0.4 is 5.32 Å². The second kappa shape index (κ2) is 6.97. The molecule has 4 heteroatoms. The zero-order valence-electron chi connectivity index (χ0n) is 11.4. The number of methoxy groups -OCH3 is 1. The first-order valence-electron chi connectivity index (χ1n) is 6.34. The van der Waals surface area contributed by atoms with E-state index in [0.29, 0.717) is 6.61 Å². The molecule has 0 aliphatic rings. The highest BCUT2D eigenvalue weighted by Crippen LogP contribution is 2.09. The fraction of sp³-hybridized carbons (Fsp3) is 0.333. The quantitative estimate of drug-likeness (QED) is 0.862. The number of hydrogen-bond acceptors (Lipinski definition) is 4. The van der Waals surface area contributed by atoms with Gasteiger partial charge in [-0.1, -0.05) is 24.3 Å². The molecule has 0 atom stereocenters. The molecule has 2 aromatic rings. The van der Waals surface area contributed by atoms with Gasteiger partial charge in [0.2, 0.25) is 0 Å². The molecule has 0 unspecified atom stereocenters. The average molecular weight is 257 g/mol. The number of nitrogens with one attached hydrogen (secondary N) is 1. The summed E-state index contributed by atoms with van der Waals surface area (Å²) >= 11 is 0. The van der Waals surface area contributed by atoms with E-state index in [1.807, 2.05) is 25.1 Å². The van der Waals surface area contributed by atoms with Crippen LogP contribution in [0.5, 0.6) is 0 Å². The van der Waals surface area contributed by atoms with Crippen molar-refractivity contribution in [1.82, 2.24) is 15.3 Å². The van der Waals surface area contributed by atoms with Gasteiger partial charge in [0.15, 0.2) is 0 Å². The Morgan fingerprint density at radius 1 is 1.11 bits per heavy atom. The lowest BCUT2D eigenvalue weighted by atomic mass is 10.1. The largest absolute Gasteiger partial charge is 0.380 e. The minimum Gasteiger partial charge on any atom is -0.380 e. The van der Waals surface area contributed by atoms with Gasteiger partial charge in [-0.3, -0.25) is 0 Å². The third-order valence-corrected chi connectivity index (χ3v) is 2.87. The van der Waals surface area contributed by atoms with Crippen molar-refractivity contribution in [3.05, 3.63) is 59.2 Å². The summed E-state index contributed by atoms with van der Waals surface area (Å²) in [6.07, 6.45) is 1.79. The van der Waals surface area contributed by atoms with Crippen molar-refractivity contribution in [1.29, 1.82) is 0 Å². The Kier molecular flexibility index (Phi) is 5.01. The average Bonchev–Trinajstić information content (AvgIpc) is 2.41. The highest BCUT2D eigenvalue weighted by atomic mass is 16.5. The molecular formula is C15H19N3O. The Morgan fingerprint density at radius 2 is 1.89 bits per heavy atom. The third-order valence-electron chi connectivity index (χ3n) is 2.87. The Balaban J connectivity index is 1.92. The molecule has 0 aliphatic heterocycles. The lowest BCUT2D eigenvalue weighted by molar-refractivity contribution is 0.184. The van der Waals surface area contributed by atoms with Crippen molar-refractivity contribution in [3.63, 3.8) is 0 Å². The van der Waals surface area contributed by atoms with E-state index in [1.165, 1.54) is 11.1 Å². The van der Waals surface area contributed by atoms with Crippen molar-refractivity contribution < 1.29 is 4.74 Å². The Morgan fingerprint density at radius 3 is 2.63 bits per heavy atom. The minimum absolute atomic E-state index is 0.643. The van der Waals surface area contributed by atoms with Crippen LogP contribution in [0, 0.1) is 6.92 Å². The highest BCUT2D eigenvalue weighted by molar-refractivity contribution is 5.26. The van der Waals surface area contributed by atoms with E-state index < -0.39 is 0 Å².